The van der Waals surface area contributed by atoms with Gasteiger partial charge >= 0.3 is 0 Å². The van der Waals surface area contributed by atoms with E-state index >= 15 is 0 Å². The Hall–Kier alpha value is -3.21. The molecule has 5 nitrogen and oxygen atoms in total. The average Bonchev–Trinajstić information content (AvgIpc) is 3.24. The lowest BCUT2D eigenvalue weighted by atomic mass is 9.95. The lowest BCUT2D eigenvalue weighted by Crippen LogP contribution is -1.97. The number of pyridine rings is 2. The number of aromatic nitrogens is 5. The first-order chi connectivity index (χ1) is 12.6. The van der Waals surface area contributed by atoms with Crippen molar-refractivity contribution in [1.29, 1.82) is 0 Å². The normalized spacial score (nSPS) is 12.1. The van der Waals surface area contributed by atoms with Crippen molar-refractivity contribution in [2.75, 3.05) is 0 Å². The van der Waals surface area contributed by atoms with Gasteiger partial charge in [0.25, 0.3) is 0 Å². The summed E-state index contributed by atoms with van der Waals surface area (Å²) in [5, 5.41) is 8.76. The smallest absolute Gasteiger partial charge is 0.0747 e. The van der Waals surface area contributed by atoms with Crippen LogP contribution in [0.2, 0.25) is 0 Å². The van der Waals surface area contributed by atoms with Crippen LogP contribution in [0.25, 0.3) is 22.2 Å². The second kappa shape index (κ2) is 6.26. The van der Waals surface area contributed by atoms with Gasteiger partial charge in [-0.3, -0.25) is 9.67 Å². The number of fused-ring (bicyclic) bond motifs is 1. The van der Waals surface area contributed by atoms with Crippen LogP contribution in [0.3, 0.4) is 0 Å². The first-order valence-corrected chi connectivity index (χ1v) is 8.63. The van der Waals surface area contributed by atoms with E-state index in [9.17, 15) is 0 Å². The molecule has 4 heterocycles. The Morgan fingerprint density at radius 3 is 2.65 bits per heavy atom. The van der Waals surface area contributed by atoms with Gasteiger partial charge in [0.05, 0.1) is 17.9 Å². The molecule has 0 aromatic carbocycles. The van der Waals surface area contributed by atoms with Gasteiger partial charge in [0.2, 0.25) is 0 Å². The standard InChI is InChI=1S/C21H21N5/c1-5-18(19-8-14(2)10-22-15(19)3)16-6-7-26-21(9-16)20(12-24-26)17-11-23-25(4)13-17/h5-13H,1-4H3/b18-5-. The largest absolute Gasteiger partial charge is 0.275 e. The van der Waals surface area contributed by atoms with E-state index < -0.39 is 0 Å². The monoisotopic (exact) mass is 343 g/mol. The quantitative estimate of drug-likeness (QED) is 0.560. The third-order valence-electron chi connectivity index (χ3n) is 4.65. The van der Waals surface area contributed by atoms with Crippen molar-refractivity contribution in [3.8, 4) is 11.1 Å². The lowest BCUT2D eigenvalue weighted by Gasteiger charge is -2.12. The van der Waals surface area contributed by atoms with Crippen molar-refractivity contribution in [3.63, 3.8) is 0 Å². The van der Waals surface area contributed by atoms with Crippen molar-refractivity contribution in [2.45, 2.75) is 20.8 Å². The zero-order valence-electron chi connectivity index (χ0n) is 15.4. The number of allylic oxidation sites excluding steroid dienone is 1. The summed E-state index contributed by atoms with van der Waals surface area (Å²) in [4.78, 5) is 4.52. The van der Waals surface area contributed by atoms with E-state index in [2.05, 4.69) is 60.2 Å². The molecule has 26 heavy (non-hydrogen) atoms. The van der Waals surface area contributed by atoms with Crippen molar-refractivity contribution >= 4 is 11.1 Å². The Balaban J connectivity index is 1.87. The van der Waals surface area contributed by atoms with Crippen LogP contribution in [-0.2, 0) is 7.05 Å². The van der Waals surface area contributed by atoms with Gasteiger partial charge in [0, 0.05) is 48.0 Å². The van der Waals surface area contributed by atoms with Gasteiger partial charge in [-0.25, -0.2) is 4.52 Å². The van der Waals surface area contributed by atoms with Crippen molar-refractivity contribution in [1.82, 2.24) is 24.4 Å². The van der Waals surface area contributed by atoms with Crippen LogP contribution in [0.4, 0.5) is 0 Å². The third kappa shape index (κ3) is 2.71. The van der Waals surface area contributed by atoms with Crippen molar-refractivity contribution in [2.24, 2.45) is 7.05 Å². The Kier molecular flexibility index (Phi) is 3.92. The minimum Gasteiger partial charge on any atom is -0.275 e. The van der Waals surface area contributed by atoms with Gasteiger partial charge < -0.3 is 0 Å². The Bertz CT molecular complexity index is 1130. The third-order valence-corrected chi connectivity index (χ3v) is 4.65. The summed E-state index contributed by atoms with van der Waals surface area (Å²) < 4.78 is 3.71. The highest BCUT2D eigenvalue weighted by Gasteiger charge is 2.13. The molecule has 5 heteroatoms. The molecule has 0 fully saturated rings. The number of aryl methyl sites for hydroxylation is 3. The van der Waals surface area contributed by atoms with Crippen LogP contribution in [0.5, 0.6) is 0 Å². The molecule has 4 rings (SSSR count). The molecule has 0 unspecified atom stereocenters. The first kappa shape index (κ1) is 16.3. The van der Waals surface area contributed by atoms with Crippen molar-refractivity contribution < 1.29 is 0 Å². The summed E-state index contributed by atoms with van der Waals surface area (Å²) in [6, 6.07) is 6.48. The number of hydrogen-bond acceptors (Lipinski definition) is 3. The summed E-state index contributed by atoms with van der Waals surface area (Å²) in [7, 11) is 1.92. The van der Waals surface area contributed by atoms with Crippen molar-refractivity contribution in [3.05, 3.63) is 77.6 Å². The first-order valence-electron chi connectivity index (χ1n) is 8.63. The predicted octanol–water partition coefficient (Wildman–Crippen LogP) is 4.20. The van der Waals surface area contributed by atoms with E-state index in [-0.39, 0.29) is 0 Å². The molecule has 0 atom stereocenters. The second-order valence-electron chi connectivity index (χ2n) is 6.55. The topological polar surface area (TPSA) is 48.0 Å². The maximum Gasteiger partial charge on any atom is 0.0747 e. The zero-order chi connectivity index (χ0) is 18.3. The fraction of sp³-hybridized carbons (Fsp3) is 0.190. The summed E-state index contributed by atoms with van der Waals surface area (Å²) in [5.41, 5.74) is 8.90. The van der Waals surface area contributed by atoms with E-state index in [4.69, 9.17) is 0 Å². The fourth-order valence-electron chi connectivity index (χ4n) is 3.32. The molecule has 0 bridgehead atoms. The highest BCUT2D eigenvalue weighted by atomic mass is 15.2. The molecule has 0 spiro atoms. The Morgan fingerprint density at radius 1 is 1.08 bits per heavy atom. The summed E-state index contributed by atoms with van der Waals surface area (Å²) in [5.74, 6) is 0. The van der Waals surface area contributed by atoms with Gasteiger partial charge in [-0.15, -0.1) is 0 Å². The minimum absolute atomic E-state index is 1.03. The molecule has 4 aromatic heterocycles. The molecule has 0 aliphatic heterocycles. The van der Waals surface area contributed by atoms with Gasteiger partial charge in [0.15, 0.2) is 0 Å². The summed E-state index contributed by atoms with van der Waals surface area (Å²) >= 11 is 0. The van der Waals surface area contributed by atoms with Gasteiger partial charge in [-0.1, -0.05) is 6.08 Å². The van der Waals surface area contributed by atoms with E-state index in [1.54, 1.807) is 0 Å². The van der Waals surface area contributed by atoms with Crippen LogP contribution >= 0.6 is 0 Å². The van der Waals surface area contributed by atoms with E-state index in [0.29, 0.717) is 0 Å². The van der Waals surface area contributed by atoms with E-state index in [1.165, 1.54) is 11.1 Å². The average molecular weight is 343 g/mol. The van der Waals surface area contributed by atoms with Crippen LogP contribution < -0.4 is 0 Å². The van der Waals surface area contributed by atoms with Crippen LogP contribution in [0, 0.1) is 13.8 Å². The molecule has 0 amide bonds. The number of hydrogen-bond donors (Lipinski definition) is 0. The van der Waals surface area contributed by atoms with E-state index in [1.807, 2.05) is 47.2 Å². The molecular weight excluding hydrogens is 322 g/mol. The van der Waals surface area contributed by atoms with Crippen LogP contribution in [0.15, 0.2) is 55.3 Å². The van der Waals surface area contributed by atoms with E-state index in [0.717, 1.165) is 33.5 Å². The maximum atomic E-state index is 4.52. The minimum atomic E-state index is 1.03. The Morgan fingerprint density at radius 2 is 1.92 bits per heavy atom. The molecule has 4 aromatic rings. The molecule has 0 aliphatic rings. The summed E-state index contributed by atoms with van der Waals surface area (Å²) in [6.45, 7) is 6.19. The van der Waals surface area contributed by atoms with Gasteiger partial charge in [-0.2, -0.15) is 10.2 Å². The summed E-state index contributed by atoms with van der Waals surface area (Å²) in [6.07, 6.45) is 11.8. The predicted molar refractivity (Wildman–Crippen MR) is 104 cm³/mol. The number of rotatable bonds is 3. The SMILES string of the molecule is C/C=C(/c1ccn2ncc(-c3cnn(C)c3)c2c1)c1cc(C)cnc1C. The highest BCUT2D eigenvalue weighted by molar-refractivity contribution is 5.86. The zero-order valence-corrected chi connectivity index (χ0v) is 15.4. The number of nitrogens with zero attached hydrogens (tertiary/aromatic N) is 5. The maximum absolute atomic E-state index is 4.52. The van der Waals surface area contributed by atoms with Crippen LogP contribution in [-0.4, -0.2) is 24.4 Å². The molecule has 0 saturated carbocycles. The fourth-order valence-corrected chi connectivity index (χ4v) is 3.32. The molecule has 130 valence electrons. The molecule has 0 N–H and O–H groups in total. The van der Waals surface area contributed by atoms with Crippen LogP contribution in [0.1, 0.15) is 29.3 Å². The molecule has 0 radical (unpaired) electrons. The highest BCUT2D eigenvalue weighted by Crippen LogP contribution is 2.30. The second-order valence-corrected chi connectivity index (χ2v) is 6.55. The van der Waals surface area contributed by atoms with Gasteiger partial charge in [0.1, 0.15) is 0 Å². The molecule has 0 aliphatic carbocycles. The molecule has 0 saturated heterocycles. The lowest BCUT2D eigenvalue weighted by molar-refractivity contribution is 0.768. The van der Waals surface area contributed by atoms with Gasteiger partial charge in [-0.05, 0) is 55.7 Å². The Labute approximate surface area is 152 Å². The molecular formula is C21H21N5.